The number of rotatable bonds is 13. The van der Waals surface area contributed by atoms with Crippen molar-refractivity contribution >= 4 is 45.6 Å². The van der Waals surface area contributed by atoms with Crippen LogP contribution in [0.5, 0.6) is 0 Å². The number of aromatic amines is 2. The van der Waals surface area contributed by atoms with E-state index in [1.807, 2.05) is 78.9 Å². The van der Waals surface area contributed by atoms with Gasteiger partial charge in [-0.3, -0.25) is 14.4 Å². The van der Waals surface area contributed by atoms with Gasteiger partial charge in [0.1, 0.15) is 18.7 Å². The number of ether oxygens (including phenoxy) is 1. The van der Waals surface area contributed by atoms with Crippen LogP contribution in [-0.4, -0.2) is 57.0 Å². The molecule has 0 bridgehead atoms. The van der Waals surface area contributed by atoms with E-state index in [0.29, 0.717) is 0 Å². The van der Waals surface area contributed by atoms with Crippen LogP contribution >= 0.6 is 0 Å². The highest BCUT2D eigenvalue weighted by molar-refractivity contribution is 5.94. The highest BCUT2D eigenvalue weighted by atomic mass is 16.5. The lowest BCUT2D eigenvalue weighted by molar-refractivity contribution is -0.149. The Morgan fingerprint density at radius 3 is 1.84 bits per heavy atom. The monoisotopic (exact) mass is 595 g/mol. The Kier molecular flexibility index (Phi) is 9.36. The summed E-state index contributed by atoms with van der Waals surface area (Å²) in [7, 11) is 0. The first-order valence-electron chi connectivity index (χ1n) is 14.2. The molecular weight excluding hydrogens is 562 g/mol. The minimum atomic E-state index is -1.37. The van der Waals surface area contributed by atoms with Crippen molar-refractivity contribution in [3.8, 4) is 0 Å². The minimum Gasteiger partial charge on any atom is -0.481 e. The van der Waals surface area contributed by atoms with Gasteiger partial charge in [0.05, 0.1) is 12.5 Å². The Morgan fingerprint density at radius 1 is 0.727 bits per heavy atom. The maximum Gasteiger partial charge on any atom is 0.329 e. The third kappa shape index (κ3) is 7.31. The lowest BCUT2D eigenvalue weighted by atomic mass is 10.0. The Balaban J connectivity index is 1.40. The zero-order valence-electron chi connectivity index (χ0n) is 23.8. The second-order valence-electron chi connectivity index (χ2n) is 10.5. The fraction of sp³-hybridized carbons (Fsp3) is 0.212. The number of aliphatic carboxylic acids is 1. The number of hydrogen-bond acceptors (Lipinski definition) is 6. The van der Waals surface area contributed by atoms with E-state index < -0.39 is 48.3 Å². The average molecular weight is 596 g/mol. The fourth-order valence-electron chi connectivity index (χ4n) is 5.10. The van der Waals surface area contributed by atoms with Gasteiger partial charge in [0, 0.05) is 47.0 Å². The van der Waals surface area contributed by atoms with Crippen LogP contribution in [0.25, 0.3) is 21.8 Å². The van der Waals surface area contributed by atoms with Gasteiger partial charge in [-0.2, -0.15) is 0 Å². The number of hydrogen-bond donors (Lipinski definition) is 6. The number of carboxylic acids is 1. The zero-order chi connectivity index (χ0) is 31.1. The second kappa shape index (κ2) is 13.7. The molecule has 5 aromatic rings. The van der Waals surface area contributed by atoms with E-state index >= 15 is 0 Å². The topological polar surface area (TPSA) is 179 Å². The third-order valence-corrected chi connectivity index (χ3v) is 7.39. The van der Waals surface area contributed by atoms with Gasteiger partial charge in [0.25, 0.3) is 0 Å². The molecule has 5 rings (SSSR count). The molecule has 7 N–H and O–H groups in total. The van der Waals surface area contributed by atoms with Crippen molar-refractivity contribution < 1.29 is 29.0 Å². The Hall–Kier alpha value is -5.42. The van der Waals surface area contributed by atoms with Crippen LogP contribution < -0.4 is 16.4 Å². The van der Waals surface area contributed by atoms with Crippen LogP contribution in [0.2, 0.25) is 0 Å². The summed E-state index contributed by atoms with van der Waals surface area (Å²) in [5.41, 5.74) is 9.86. The van der Waals surface area contributed by atoms with Crippen LogP contribution in [0, 0.1) is 0 Å². The zero-order valence-corrected chi connectivity index (χ0v) is 23.8. The summed E-state index contributed by atoms with van der Waals surface area (Å²) in [6.07, 6.45) is 3.09. The summed E-state index contributed by atoms with van der Waals surface area (Å²) in [6, 6.07) is 20.6. The van der Waals surface area contributed by atoms with Gasteiger partial charge < -0.3 is 36.2 Å². The number of fused-ring (bicyclic) bond motifs is 2. The standard InChI is InChI=1S/C33H33N5O6/c34-25(16-30(39)40)31(41)37-28(14-21-17-35-26-12-6-4-10-23(21)26)32(42)38-29(33(43)44-19-20-8-2-1-3-9-20)15-22-18-36-27-13-7-5-11-24(22)27/h1-13,17-18,25,28-29,35-36H,14-16,19,34H2,(H,37,41)(H,38,42)(H,39,40)/t25-,28-,29-/m0/s1. The molecule has 0 aliphatic rings. The highest BCUT2D eigenvalue weighted by Crippen LogP contribution is 2.21. The first kappa shape index (κ1) is 30.1. The third-order valence-electron chi connectivity index (χ3n) is 7.39. The number of carboxylic acid groups (broad SMARTS) is 1. The summed E-state index contributed by atoms with van der Waals surface area (Å²) in [4.78, 5) is 57.7. The predicted octanol–water partition coefficient (Wildman–Crippen LogP) is 2.95. The number of carbonyl (C=O) groups is 4. The molecular formula is C33H33N5O6. The molecule has 0 aliphatic heterocycles. The molecule has 2 heterocycles. The smallest absolute Gasteiger partial charge is 0.329 e. The van der Waals surface area contributed by atoms with Gasteiger partial charge in [-0.15, -0.1) is 0 Å². The summed E-state index contributed by atoms with van der Waals surface area (Å²) < 4.78 is 5.62. The summed E-state index contributed by atoms with van der Waals surface area (Å²) in [5, 5.41) is 16.3. The number of benzene rings is 3. The summed E-state index contributed by atoms with van der Waals surface area (Å²) in [5.74, 6) is -3.34. The van der Waals surface area contributed by atoms with E-state index in [2.05, 4.69) is 20.6 Å². The molecule has 3 atom stereocenters. The van der Waals surface area contributed by atoms with Crippen molar-refractivity contribution in [2.75, 3.05) is 0 Å². The number of carbonyl (C=O) groups excluding carboxylic acids is 3. The fourth-order valence-corrected chi connectivity index (χ4v) is 5.10. The van der Waals surface area contributed by atoms with Crippen molar-refractivity contribution in [3.63, 3.8) is 0 Å². The van der Waals surface area contributed by atoms with E-state index in [1.165, 1.54) is 0 Å². The van der Waals surface area contributed by atoms with Crippen molar-refractivity contribution in [2.45, 2.75) is 44.0 Å². The van der Waals surface area contributed by atoms with Crippen molar-refractivity contribution in [1.82, 2.24) is 20.6 Å². The average Bonchev–Trinajstić information content (AvgIpc) is 3.63. The van der Waals surface area contributed by atoms with Gasteiger partial charge in [0.2, 0.25) is 11.8 Å². The van der Waals surface area contributed by atoms with Crippen molar-refractivity contribution in [1.29, 1.82) is 0 Å². The number of nitrogens with one attached hydrogen (secondary N) is 4. The summed E-state index contributed by atoms with van der Waals surface area (Å²) >= 11 is 0. The van der Waals surface area contributed by atoms with Crippen molar-refractivity contribution in [2.24, 2.45) is 5.73 Å². The minimum absolute atomic E-state index is 0.0134. The molecule has 0 aliphatic carbocycles. The molecule has 11 heteroatoms. The largest absolute Gasteiger partial charge is 0.481 e. The van der Waals surface area contributed by atoms with Crippen molar-refractivity contribution in [3.05, 3.63) is 108 Å². The van der Waals surface area contributed by atoms with Gasteiger partial charge in [0.15, 0.2) is 0 Å². The number of H-pyrrole nitrogens is 2. The van der Waals surface area contributed by atoms with E-state index in [9.17, 15) is 19.2 Å². The first-order valence-corrected chi connectivity index (χ1v) is 14.2. The molecule has 0 spiro atoms. The maximum atomic E-state index is 13.9. The van der Waals surface area contributed by atoms with E-state index in [1.54, 1.807) is 12.4 Å². The molecule has 0 fully saturated rings. The number of nitrogens with two attached hydrogens (primary N) is 1. The molecule has 0 saturated heterocycles. The van der Waals surface area contributed by atoms with Crippen LogP contribution in [0.1, 0.15) is 23.1 Å². The number of aromatic nitrogens is 2. The molecule has 0 radical (unpaired) electrons. The molecule has 0 unspecified atom stereocenters. The number of amides is 2. The predicted molar refractivity (Wildman–Crippen MR) is 164 cm³/mol. The molecule has 3 aromatic carbocycles. The Labute approximate surface area is 252 Å². The molecule has 44 heavy (non-hydrogen) atoms. The molecule has 2 aromatic heterocycles. The molecule has 226 valence electrons. The molecule has 11 nitrogen and oxygen atoms in total. The van der Waals surface area contributed by atoms with Gasteiger partial charge in [-0.1, -0.05) is 66.7 Å². The van der Waals surface area contributed by atoms with E-state index in [-0.39, 0.29) is 19.4 Å². The maximum absolute atomic E-state index is 13.9. The lowest BCUT2D eigenvalue weighted by Crippen LogP contribution is -2.56. The normalized spacial score (nSPS) is 13.2. The highest BCUT2D eigenvalue weighted by Gasteiger charge is 2.31. The first-order chi connectivity index (χ1) is 21.3. The van der Waals surface area contributed by atoms with E-state index in [0.717, 1.165) is 38.5 Å². The molecule has 0 saturated carbocycles. The lowest BCUT2D eigenvalue weighted by Gasteiger charge is -2.24. The Morgan fingerprint density at radius 2 is 1.25 bits per heavy atom. The van der Waals surface area contributed by atoms with Gasteiger partial charge in [-0.25, -0.2) is 4.79 Å². The molecule has 2 amide bonds. The number of para-hydroxylation sites is 2. The van der Waals surface area contributed by atoms with Gasteiger partial charge >= 0.3 is 11.9 Å². The Bertz CT molecular complexity index is 1780. The number of esters is 1. The van der Waals surface area contributed by atoms with Crippen LogP contribution in [0.4, 0.5) is 0 Å². The van der Waals surface area contributed by atoms with Crippen LogP contribution in [0.15, 0.2) is 91.3 Å². The second-order valence-corrected chi connectivity index (χ2v) is 10.5. The van der Waals surface area contributed by atoms with Crippen LogP contribution in [-0.2, 0) is 43.4 Å². The van der Waals surface area contributed by atoms with Gasteiger partial charge in [-0.05, 0) is 28.8 Å². The van der Waals surface area contributed by atoms with Crippen LogP contribution in [0.3, 0.4) is 0 Å². The summed E-state index contributed by atoms with van der Waals surface area (Å²) in [6.45, 7) is 0.0134. The van der Waals surface area contributed by atoms with E-state index in [4.69, 9.17) is 15.6 Å². The SMILES string of the molecule is N[C@@H](CC(=O)O)C(=O)N[C@@H](Cc1c[nH]c2ccccc12)C(=O)N[C@@H](Cc1c[nH]c2ccccc12)C(=O)OCc1ccccc1. The quantitative estimate of drug-likeness (QED) is 0.113.